The van der Waals surface area contributed by atoms with Gasteiger partial charge in [0.2, 0.25) is 5.88 Å². The van der Waals surface area contributed by atoms with Gasteiger partial charge in [-0.2, -0.15) is 0 Å². The van der Waals surface area contributed by atoms with Crippen molar-refractivity contribution < 1.29 is 14.3 Å². The molecule has 2 unspecified atom stereocenters. The first-order valence-corrected chi connectivity index (χ1v) is 9.78. The topological polar surface area (TPSA) is 123 Å². The first kappa shape index (κ1) is 20.7. The van der Waals surface area contributed by atoms with Crippen LogP contribution in [0.2, 0.25) is 0 Å². The van der Waals surface area contributed by atoms with Crippen LogP contribution < -0.4 is 15.8 Å². The number of nitrogens with one attached hydrogen (secondary N) is 2. The van der Waals surface area contributed by atoms with E-state index in [4.69, 9.17) is 20.6 Å². The minimum Gasteiger partial charge on any atom is -0.474 e. The number of nitrogen functional groups attached to an aromatic ring is 1. The van der Waals surface area contributed by atoms with E-state index in [0.717, 1.165) is 12.8 Å². The summed E-state index contributed by atoms with van der Waals surface area (Å²) < 4.78 is 11.3. The Morgan fingerprint density at radius 1 is 1.38 bits per heavy atom. The Morgan fingerprint density at radius 3 is 2.83 bits per heavy atom. The first-order valence-electron chi connectivity index (χ1n) is 9.78. The molecule has 1 aliphatic rings. The predicted octanol–water partition coefficient (Wildman–Crippen LogP) is 2.56. The van der Waals surface area contributed by atoms with Crippen molar-refractivity contribution in [3.63, 3.8) is 0 Å². The molecule has 8 heteroatoms. The van der Waals surface area contributed by atoms with E-state index < -0.39 is 0 Å². The zero-order valence-corrected chi connectivity index (χ0v) is 16.9. The fraction of sp³-hybridized carbons (Fsp3) is 0.429. The number of amides is 1. The van der Waals surface area contributed by atoms with Crippen LogP contribution in [0.1, 0.15) is 55.2 Å². The SMILES string of the molecule is CCC1CC(NC(=O)c2cc(C(=N)c3c(N)ccnc3OC(C)C)ccn2)CO1. The number of carbonyl (C=O) groups is 1. The Bertz CT molecular complexity index is 900. The van der Waals surface area contributed by atoms with E-state index in [1.54, 1.807) is 24.4 Å². The second-order valence-corrected chi connectivity index (χ2v) is 7.32. The molecule has 154 valence electrons. The van der Waals surface area contributed by atoms with E-state index in [1.165, 1.54) is 6.20 Å². The summed E-state index contributed by atoms with van der Waals surface area (Å²) >= 11 is 0. The summed E-state index contributed by atoms with van der Waals surface area (Å²) in [6.45, 7) is 6.32. The number of pyridine rings is 2. The molecular formula is C21H27N5O3. The first-order chi connectivity index (χ1) is 13.9. The lowest BCUT2D eigenvalue weighted by molar-refractivity contribution is 0.0901. The number of hydrogen-bond acceptors (Lipinski definition) is 7. The molecule has 0 aromatic carbocycles. The van der Waals surface area contributed by atoms with E-state index in [-0.39, 0.29) is 35.6 Å². The van der Waals surface area contributed by atoms with Gasteiger partial charge >= 0.3 is 0 Å². The molecule has 4 N–H and O–H groups in total. The summed E-state index contributed by atoms with van der Waals surface area (Å²) in [6, 6.07) is 4.83. The maximum absolute atomic E-state index is 12.6. The summed E-state index contributed by atoms with van der Waals surface area (Å²) in [6.07, 6.45) is 4.83. The average Bonchev–Trinajstić information content (AvgIpc) is 3.15. The third-order valence-corrected chi connectivity index (χ3v) is 4.70. The smallest absolute Gasteiger partial charge is 0.270 e. The minimum atomic E-state index is -0.289. The van der Waals surface area contributed by atoms with E-state index in [0.29, 0.717) is 29.3 Å². The van der Waals surface area contributed by atoms with Gasteiger partial charge in [0.05, 0.1) is 36.1 Å². The van der Waals surface area contributed by atoms with Crippen molar-refractivity contribution in [3.8, 4) is 5.88 Å². The molecule has 1 aliphatic heterocycles. The molecule has 0 saturated carbocycles. The van der Waals surface area contributed by atoms with Crippen LogP contribution in [0, 0.1) is 5.41 Å². The number of aromatic nitrogens is 2. The molecular weight excluding hydrogens is 370 g/mol. The summed E-state index contributed by atoms with van der Waals surface area (Å²) in [5.74, 6) is 0.00402. The van der Waals surface area contributed by atoms with Crippen LogP contribution >= 0.6 is 0 Å². The molecule has 0 bridgehead atoms. The second-order valence-electron chi connectivity index (χ2n) is 7.32. The number of nitrogens with zero attached hydrogens (tertiary/aromatic N) is 2. The summed E-state index contributed by atoms with van der Waals surface area (Å²) in [5.41, 5.74) is 7.75. The Labute approximate surface area is 170 Å². The third-order valence-electron chi connectivity index (χ3n) is 4.70. The van der Waals surface area contributed by atoms with E-state index >= 15 is 0 Å². The number of ether oxygens (including phenoxy) is 2. The molecule has 1 saturated heterocycles. The van der Waals surface area contributed by atoms with Gasteiger partial charge in [-0.3, -0.25) is 15.2 Å². The average molecular weight is 397 g/mol. The second kappa shape index (κ2) is 9.00. The van der Waals surface area contributed by atoms with Crippen molar-refractivity contribution in [3.05, 3.63) is 47.4 Å². The third kappa shape index (κ3) is 4.89. The van der Waals surface area contributed by atoms with Crippen LogP contribution in [-0.4, -0.2) is 46.4 Å². The molecule has 29 heavy (non-hydrogen) atoms. The van der Waals surface area contributed by atoms with Crippen LogP contribution in [-0.2, 0) is 4.74 Å². The summed E-state index contributed by atoms with van der Waals surface area (Å²) in [5, 5.41) is 11.6. The van der Waals surface area contributed by atoms with Gasteiger partial charge in [-0.15, -0.1) is 0 Å². The van der Waals surface area contributed by atoms with Gasteiger partial charge in [0.15, 0.2) is 0 Å². The molecule has 3 rings (SSSR count). The highest BCUT2D eigenvalue weighted by molar-refractivity contribution is 6.15. The van der Waals surface area contributed by atoms with Gasteiger partial charge < -0.3 is 20.5 Å². The molecule has 2 aromatic heterocycles. The lowest BCUT2D eigenvalue weighted by atomic mass is 10.0. The van der Waals surface area contributed by atoms with Crippen LogP contribution in [0.15, 0.2) is 30.6 Å². The maximum atomic E-state index is 12.6. The van der Waals surface area contributed by atoms with Crippen molar-refractivity contribution in [2.45, 2.75) is 51.9 Å². The van der Waals surface area contributed by atoms with Crippen LogP contribution in [0.3, 0.4) is 0 Å². The Morgan fingerprint density at radius 2 is 2.14 bits per heavy atom. The maximum Gasteiger partial charge on any atom is 0.270 e. The Kier molecular flexibility index (Phi) is 6.43. The van der Waals surface area contributed by atoms with Gasteiger partial charge in [0.1, 0.15) is 5.69 Å². The number of rotatable bonds is 7. The molecule has 2 aromatic rings. The van der Waals surface area contributed by atoms with Crippen molar-refractivity contribution in [2.24, 2.45) is 0 Å². The Hall–Kier alpha value is -3.00. The standard InChI is InChI=1S/C21H27N5O3/c1-4-15-10-14(11-28-15)26-20(27)17-9-13(5-7-24-17)19(23)18-16(22)6-8-25-21(18)29-12(2)3/h5-9,12,14-15,23H,4,10-11H2,1-3H3,(H2,22,25)(H,26,27). The van der Waals surface area contributed by atoms with Crippen molar-refractivity contribution >= 4 is 17.3 Å². The highest BCUT2D eigenvalue weighted by Gasteiger charge is 2.26. The number of nitrogens with two attached hydrogens (primary N) is 1. The van der Waals surface area contributed by atoms with Gasteiger partial charge in [-0.1, -0.05) is 6.92 Å². The lowest BCUT2D eigenvalue weighted by Gasteiger charge is -2.16. The number of anilines is 1. The van der Waals surface area contributed by atoms with Crippen molar-refractivity contribution in [1.29, 1.82) is 5.41 Å². The van der Waals surface area contributed by atoms with Crippen LogP contribution in [0.25, 0.3) is 0 Å². The fourth-order valence-corrected chi connectivity index (χ4v) is 3.23. The number of carbonyl (C=O) groups excluding carboxylic acids is 1. The van der Waals surface area contributed by atoms with Crippen LogP contribution in [0.4, 0.5) is 5.69 Å². The zero-order valence-electron chi connectivity index (χ0n) is 16.9. The molecule has 0 aliphatic carbocycles. The highest BCUT2D eigenvalue weighted by atomic mass is 16.5. The minimum absolute atomic E-state index is 0.0302. The van der Waals surface area contributed by atoms with E-state index in [9.17, 15) is 4.79 Å². The zero-order chi connectivity index (χ0) is 21.0. The monoisotopic (exact) mass is 397 g/mol. The van der Waals surface area contributed by atoms with E-state index in [2.05, 4.69) is 22.2 Å². The fourth-order valence-electron chi connectivity index (χ4n) is 3.23. The van der Waals surface area contributed by atoms with Crippen molar-refractivity contribution in [1.82, 2.24) is 15.3 Å². The van der Waals surface area contributed by atoms with Gasteiger partial charge in [-0.05, 0) is 44.9 Å². The molecule has 1 amide bonds. The van der Waals surface area contributed by atoms with Crippen LogP contribution in [0.5, 0.6) is 5.88 Å². The van der Waals surface area contributed by atoms with Gasteiger partial charge in [0.25, 0.3) is 5.91 Å². The molecule has 3 heterocycles. The lowest BCUT2D eigenvalue weighted by Crippen LogP contribution is -2.35. The van der Waals surface area contributed by atoms with E-state index in [1.807, 2.05) is 13.8 Å². The van der Waals surface area contributed by atoms with Crippen molar-refractivity contribution in [2.75, 3.05) is 12.3 Å². The predicted molar refractivity (Wildman–Crippen MR) is 110 cm³/mol. The molecule has 8 nitrogen and oxygen atoms in total. The molecule has 0 spiro atoms. The molecule has 2 atom stereocenters. The Balaban J connectivity index is 1.81. The molecule has 1 fully saturated rings. The quantitative estimate of drug-likeness (QED) is 0.617. The van der Waals surface area contributed by atoms with Gasteiger partial charge in [-0.25, -0.2) is 4.98 Å². The largest absolute Gasteiger partial charge is 0.474 e. The highest BCUT2D eigenvalue weighted by Crippen LogP contribution is 2.26. The number of hydrogen-bond donors (Lipinski definition) is 3. The summed E-state index contributed by atoms with van der Waals surface area (Å²) in [7, 11) is 0. The van der Waals surface area contributed by atoms with Gasteiger partial charge in [0, 0.05) is 23.6 Å². The molecule has 0 radical (unpaired) electrons. The summed E-state index contributed by atoms with van der Waals surface area (Å²) in [4.78, 5) is 21.0. The normalized spacial score (nSPS) is 18.6.